The molecule has 3 aromatic carbocycles. The van der Waals surface area contributed by atoms with Crippen molar-refractivity contribution in [3.63, 3.8) is 0 Å². The zero-order chi connectivity index (χ0) is 26.8. The van der Waals surface area contributed by atoms with E-state index >= 15 is 0 Å². The lowest BCUT2D eigenvalue weighted by Gasteiger charge is -2.45. The molecule has 6 aliphatic rings. The number of nitrogens with zero attached hydrogens (tertiary/aromatic N) is 1. The average Bonchev–Trinajstić information content (AvgIpc) is 2.94. The molecule has 0 saturated heterocycles. The largest absolute Gasteiger partial charge is 0.494 e. The molecule has 39 heavy (non-hydrogen) atoms. The Morgan fingerprint density at radius 3 is 2.54 bits per heavy atom. The first-order chi connectivity index (χ1) is 19.0. The molecule has 1 fully saturated rings. The number of carbonyl (C=O) groups is 2. The van der Waals surface area contributed by atoms with Crippen LogP contribution in [0.3, 0.4) is 0 Å². The second-order valence-electron chi connectivity index (χ2n) is 10.9. The van der Waals surface area contributed by atoms with Crippen LogP contribution in [0, 0.1) is 0 Å². The van der Waals surface area contributed by atoms with Gasteiger partial charge in [-0.3, -0.25) is 9.59 Å². The van der Waals surface area contributed by atoms with Crippen LogP contribution in [0.15, 0.2) is 66.7 Å². The maximum Gasteiger partial charge on any atom is 0.243 e. The van der Waals surface area contributed by atoms with Crippen LogP contribution in [0.25, 0.3) is 0 Å². The van der Waals surface area contributed by atoms with Gasteiger partial charge in [0.25, 0.3) is 0 Å². The van der Waals surface area contributed by atoms with Crippen LogP contribution in [-0.4, -0.2) is 41.9 Å². The van der Waals surface area contributed by atoms with E-state index in [4.69, 9.17) is 15.2 Å². The van der Waals surface area contributed by atoms with Crippen molar-refractivity contribution in [3.05, 3.63) is 89.0 Å². The van der Waals surface area contributed by atoms with E-state index in [-0.39, 0.29) is 17.9 Å². The van der Waals surface area contributed by atoms with Crippen LogP contribution < -0.4 is 20.5 Å². The molecule has 8 bridgehead atoms. The van der Waals surface area contributed by atoms with Crippen LogP contribution >= 0.6 is 0 Å². The second-order valence-corrected chi connectivity index (χ2v) is 10.9. The summed E-state index contributed by atoms with van der Waals surface area (Å²) >= 11 is 0. The molecule has 0 aromatic heterocycles. The molecule has 5 aliphatic heterocycles. The van der Waals surface area contributed by atoms with Gasteiger partial charge in [0.05, 0.1) is 18.2 Å². The highest BCUT2D eigenvalue weighted by Crippen LogP contribution is 2.41. The second kappa shape index (κ2) is 10.7. The molecule has 5 heterocycles. The van der Waals surface area contributed by atoms with E-state index in [1.54, 1.807) is 0 Å². The summed E-state index contributed by atoms with van der Waals surface area (Å²) in [6, 6.07) is 21.8. The number of hydrogen-bond acceptors (Lipinski definition) is 5. The average molecular weight is 526 g/mol. The fraction of sp³-hybridized carbons (Fsp3) is 0.375. The minimum atomic E-state index is -0.771. The standard InChI is InChI=1S/C32H35N3O4/c33-32(15-2-16-32)31(37)35-18-14-23-20-27-11-12-28(23)30(35)24-4-1-5-26(21-24)38-19-3-17-34-29(36)13-8-22-6-9-25(39-27)10-7-22/h1,4-7,9-12,20-21,30H,2-3,8,13-19,33H2,(H,34,36). The summed E-state index contributed by atoms with van der Waals surface area (Å²) in [7, 11) is 0. The fourth-order valence-electron chi connectivity index (χ4n) is 5.77. The third-order valence-electron chi connectivity index (χ3n) is 8.16. The van der Waals surface area contributed by atoms with Crippen molar-refractivity contribution in [1.29, 1.82) is 0 Å². The summed E-state index contributed by atoms with van der Waals surface area (Å²) in [6.45, 7) is 1.64. The number of aryl methyl sites for hydroxylation is 1. The summed E-state index contributed by atoms with van der Waals surface area (Å²) in [4.78, 5) is 28.0. The molecule has 202 valence electrons. The maximum absolute atomic E-state index is 13.7. The monoisotopic (exact) mass is 525 g/mol. The number of carbonyl (C=O) groups excluding carboxylic acids is 2. The van der Waals surface area contributed by atoms with Crippen molar-refractivity contribution in [1.82, 2.24) is 10.2 Å². The first-order valence-corrected chi connectivity index (χ1v) is 14.0. The molecular weight excluding hydrogens is 490 g/mol. The first kappa shape index (κ1) is 25.4. The Kier molecular flexibility index (Phi) is 7.00. The third-order valence-corrected chi connectivity index (χ3v) is 8.16. The van der Waals surface area contributed by atoms with Gasteiger partial charge in [0, 0.05) is 19.5 Å². The Hall–Kier alpha value is -3.84. The van der Waals surface area contributed by atoms with Crippen molar-refractivity contribution in [2.75, 3.05) is 19.7 Å². The van der Waals surface area contributed by atoms with E-state index in [0.717, 1.165) is 59.6 Å². The minimum Gasteiger partial charge on any atom is -0.494 e. The van der Waals surface area contributed by atoms with E-state index in [1.807, 2.05) is 53.4 Å². The van der Waals surface area contributed by atoms with Gasteiger partial charge in [-0.15, -0.1) is 0 Å². The smallest absolute Gasteiger partial charge is 0.243 e. The highest BCUT2D eigenvalue weighted by molar-refractivity contribution is 5.88. The number of amides is 2. The first-order valence-electron chi connectivity index (χ1n) is 14.0. The Morgan fingerprint density at radius 2 is 1.74 bits per heavy atom. The number of rotatable bonds is 1. The van der Waals surface area contributed by atoms with Crippen molar-refractivity contribution >= 4 is 11.8 Å². The highest BCUT2D eigenvalue weighted by Gasteiger charge is 2.46. The summed E-state index contributed by atoms with van der Waals surface area (Å²) in [6.07, 6.45) is 5.01. The molecule has 1 aliphatic carbocycles. The van der Waals surface area contributed by atoms with Crippen LogP contribution in [0.5, 0.6) is 17.2 Å². The van der Waals surface area contributed by atoms with Gasteiger partial charge < -0.3 is 25.4 Å². The lowest BCUT2D eigenvalue weighted by atomic mass is 9.75. The van der Waals surface area contributed by atoms with Crippen LogP contribution in [-0.2, 0) is 22.4 Å². The molecule has 2 amide bonds. The van der Waals surface area contributed by atoms with Gasteiger partial charge >= 0.3 is 0 Å². The molecular formula is C32H35N3O4. The van der Waals surface area contributed by atoms with E-state index in [1.165, 1.54) is 5.56 Å². The highest BCUT2D eigenvalue weighted by atomic mass is 16.5. The lowest BCUT2D eigenvalue weighted by Crippen LogP contribution is -2.61. The summed E-state index contributed by atoms with van der Waals surface area (Å²) in [5.41, 5.74) is 10.1. The molecule has 7 heteroatoms. The molecule has 9 rings (SSSR count). The number of benzene rings is 3. The van der Waals surface area contributed by atoms with Crippen LogP contribution in [0.1, 0.15) is 60.4 Å². The van der Waals surface area contributed by atoms with Gasteiger partial charge in [-0.25, -0.2) is 0 Å². The molecule has 0 radical (unpaired) electrons. The molecule has 1 atom stereocenters. The van der Waals surface area contributed by atoms with Crippen LogP contribution in [0.4, 0.5) is 0 Å². The van der Waals surface area contributed by atoms with E-state index in [9.17, 15) is 9.59 Å². The van der Waals surface area contributed by atoms with Gasteiger partial charge in [0.1, 0.15) is 17.2 Å². The zero-order valence-electron chi connectivity index (χ0n) is 22.2. The normalized spacial score (nSPS) is 20.6. The Balaban J connectivity index is 1.36. The summed E-state index contributed by atoms with van der Waals surface area (Å²) in [5.74, 6) is 2.31. The van der Waals surface area contributed by atoms with Gasteiger partial charge in [-0.2, -0.15) is 0 Å². The minimum absolute atomic E-state index is 0.0254. The molecule has 0 spiro atoms. The van der Waals surface area contributed by atoms with Crippen LogP contribution in [0.2, 0.25) is 0 Å². The van der Waals surface area contributed by atoms with E-state index < -0.39 is 5.54 Å². The topological polar surface area (TPSA) is 93.9 Å². The SMILES string of the molecule is NC1(C(=O)N2CCc3cc4ccc3C2c2cccc(c2)OCCCNC(=O)CCc2ccc(cc2)O4)CCC1. The number of ether oxygens (including phenoxy) is 2. The number of nitrogens with one attached hydrogen (secondary N) is 1. The number of nitrogens with two attached hydrogens (primary N) is 1. The summed E-state index contributed by atoms with van der Waals surface area (Å²) in [5, 5.41) is 2.98. The Bertz CT molecular complexity index is 1370. The Labute approximate surface area is 229 Å². The quantitative estimate of drug-likeness (QED) is 0.482. The van der Waals surface area contributed by atoms with Gasteiger partial charge in [-0.05, 0) is 97.2 Å². The van der Waals surface area contributed by atoms with Gasteiger partial charge in [-0.1, -0.05) is 30.3 Å². The van der Waals surface area contributed by atoms with Gasteiger partial charge in [0.15, 0.2) is 0 Å². The van der Waals surface area contributed by atoms with E-state index in [0.29, 0.717) is 39.0 Å². The van der Waals surface area contributed by atoms with Crippen molar-refractivity contribution in [2.24, 2.45) is 5.73 Å². The van der Waals surface area contributed by atoms with Gasteiger partial charge in [0.2, 0.25) is 11.8 Å². The molecule has 1 saturated carbocycles. The number of hydrogen-bond donors (Lipinski definition) is 2. The predicted molar refractivity (Wildman–Crippen MR) is 149 cm³/mol. The van der Waals surface area contributed by atoms with Crippen molar-refractivity contribution in [2.45, 2.75) is 56.5 Å². The molecule has 7 nitrogen and oxygen atoms in total. The van der Waals surface area contributed by atoms with E-state index in [2.05, 4.69) is 23.5 Å². The van der Waals surface area contributed by atoms with Crippen molar-refractivity contribution < 1.29 is 19.1 Å². The molecule has 3 aromatic rings. The molecule has 1 unspecified atom stereocenters. The van der Waals surface area contributed by atoms with Crippen molar-refractivity contribution in [3.8, 4) is 17.2 Å². The summed E-state index contributed by atoms with van der Waals surface area (Å²) < 4.78 is 12.3. The Morgan fingerprint density at radius 1 is 0.923 bits per heavy atom. The fourth-order valence-corrected chi connectivity index (χ4v) is 5.77. The zero-order valence-corrected chi connectivity index (χ0v) is 22.2. The molecule has 3 N–H and O–H groups in total. The third kappa shape index (κ3) is 5.36. The maximum atomic E-state index is 13.7. The lowest BCUT2D eigenvalue weighted by molar-refractivity contribution is -0.142. The predicted octanol–water partition coefficient (Wildman–Crippen LogP) is 4.67.